The van der Waals surface area contributed by atoms with Crippen molar-refractivity contribution in [2.75, 3.05) is 26.2 Å². The molecule has 0 spiro atoms. The number of carbonyl (C=O) groups excluding carboxylic acids is 2. The molecule has 32 heavy (non-hydrogen) atoms. The average molecular weight is 453 g/mol. The molecule has 2 saturated carbocycles. The van der Waals surface area contributed by atoms with E-state index in [0.717, 1.165) is 77.3 Å². The van der Waals surface area contributed by atoms with Gasteiger partial charge in [0.1, 0.15) is 0 Å². The Kier molecular flexibility index (Phi) is 9.39. The molecule has 0 aromatic carbocycles. The molecule has 4 fully saturated rings. The fraction of sp³-hybridized carbons (Fsp3) is 0.909. The van der Waals surface area contributed by atoms with E-state index >= 15 is 0 Å². The molecule has 0 unspecified atom stereocenters. The number of nitrogens with one attached hydrogen (secondary N) is 2. The first-order chi connectivity index (χ1) is 15.3. The molecule has 4 aliphatic rings. The number of hydrogen-bond donors (Lipinski definition) is 6. The molecule has 0 bridgehead atoms. The van der Waals surface area contributed by atoms with Crippen molar-refractivity contribution in [1.29, 1.82) is 0 Å². The molecule has 2 heterocycles. The molecular formula is C22H44N8O2. The number of likely N-dealkylation sites (tertiary alicyclic amines) is 2. The van der Waals surface area contributed by atoms with Gasteiger partial charge in [0.15, 0.2) is 0 Å². The lowest BCUT2D eigenvalue weighted by Crippen LogP contribution is -2.46. The monoisotopic (exact) mass is 452 g/mol. The van der Waals surface area contributed by atoms with Gasteiger partial charge in [0.25, 0.3) is 0 Å². The second-order valence-electron chi connectivity index (χ2n) is 10.1. The number of carbonyl (C=O) groups is 2. The third-order valence-electron chi connectivity index (χ3n) is 7.22. The van der Waals surface area contributed by atoms with Gasteiger partial charge in [-0.2, -0.15) is 0 Å². The van der Waals surface area contributed by atoms with Crippen LogP contribution in [-0.4, -0.2) is 84.3 Å². The van der Waals surface area contributed by atoms with Crippen LogP contribution in [0.1, 0.15) is 64.2 Å². The minimum Gasteiger partial charge on any atom is -0.335 e. The molecule has 2 aliphatic heterocycles. The molecule has 10 nitrogen and oxygen atoms in total. The van der Waals surface area contributed by atoms with E-state index in [4.69, 9.17) is 22.9 Å². The summed E-state index contributed by atoms with van der Waals surface area (Å²) in [5.74, 6) is 0. The molecule has 0 radical (unpaired) electrons. The van der Waals surface area contributed by atoms with Gasteiger partial charge in [0, 0.05) is 62.4 Å². The molecule has 0 aromatic rings. The van der Waals surface area contributed by atoms with Crippen molar-refractivity contribution in [3.8, 4) is 0 Å². The van der Waals surface area contributed by atoms with E-state index in [1.807, 2.05) is 9.80 Å². The zero-order valence-electron chi connectivity index (χ0n) is 19.4. The van der Waals surface area contributed by atoms with Crippen molar-refractivity contribution in [2.45, 2.75) is 100 Å². The van der Waals surface area contributed by atoms with Crippen LogP contribution in [0.4, 0.5) is 9.59 Å². The third kappa shape index (κ3) is 7.75. The first kappa shape index (κ1) is 25.0. The first-order valence-electron chi connectivity index (χ1n) is 12.4. The quantitative estimate of drug-likeness (QED) is 0.344. The molecule has 4 rings (SSSR count). The highest BCUT2D eigenvalue weighted by molar-refractivity contribution is 5.75. The van der Waals surface area contributed by atoms with E-state index in [1.54, 1.807) is 0 Å². The van der Waals surface area contributed by atoms with Crippen LogP contribution in [0.15, 0.2) is 0 Å². The maximum atomic E-state index is 11.9. The van der Waals surface area contributed by atoms with Crippen LogP contribution in [0.5, 0.6) is 0 Å². The van der Waals surface area contributed by atoms with Crippen molar-refractivity contribution in [3.05, 3.63) is 0 Å². The smallest absolute Gasteiger partial charge is 0.317 e. The lowest BCUT2D eigenvalue weighted by Gasteiger charge is -2.28. The van der Waals surface area contributed by atoms with Gasteiger partial charge in [-0.1, -0.05) is 0 Å². The van der Waals surface area contributed by atoms with Crippen LogP contribution in [0.25, 0.3) is 0 Å². The minimum atomic E-state index is 0.0495. The van der Waals surface area contributed by atoms with E-state index < -0.39 is 0 Å². The van der Waals surface area contributed by atoms with Crippen LogP contribution in [0, 0.1) is 0 Å². The zero-order valence-corrected chi connectivity index (χ0v) is 19.4. The lowest BCUT2D eigenvalue weighted by atomic mass is 9.92. The molecule has 4 amide bonds. The van der Waals surface area contributed by atoms with Crippen molar-refractivity contribution in [1.82, 2.24) is 20.4 Å². The number of nitrogens with zero attached hydrogens (tertiary/aromatic N) is 2. The van der Waals surface area contributed by atoms with E-state index in [0.29, 0.717) is 37.3 Å². The normalized spacial score (nSPS) is 35.1. The fourth-order valence-corrected chi connectivity index (χ4v) is 5.00. The maximum Gasteiger partial charge on any atom is 0.317 e. The fourth-order valence-electron chi connectivity index (χ4n) is 5.00. The van der Waals surface area contributed by atoms with Gasteiger partial charge < -0.3 is 43.4 Å². The number of urea groups is 2. The number of amides is 4. The first-order valence-corrected chi connectivity index (χ1v) is 12.4. The summed E-state index contributed by atoms with van der Waals surface area (Å²) in [7, 11) is 0. The van der Waals surface area contributed by atoms with Crippen molar-refractivity contribution in [3.63, 3.8) is 0 Å². The van der Waals surface area contributed by atoms with E-state index in [9.17, 15) is 9.59 Å². The highest BCUT2D eigenvalue weighted by Gasteiger charge is 2.28. The standard InChI is InChI=1S/2C11H22N4O/c2*12-8-1-3-10(4-2-8)14-11(16)15-6-5-9(13)7-15/h2*8-10H,1-7,12-13H2,(H,14,16)/t2*8?,9-,10?/m11/s1. The summed E-state index contributed by atoms with van der Waals surface area (Å²) in [6, 6.07) is 1.69. The van der Waals surface area contributed by atoms with Gasteiger partial charge in [0.05, 0.1) is 0 Å². The van der Waals surface area contributed by atoms with Crippen LogP contribution in [-0.2, 0) is 0 Å². The van der Waals surface area contributed by atoms with E-state index in [2.05, 4.69) is 10.6 Å². The Morgan fingerprint density at radius 3 is 1.16 bits per heavy atom. The Bertz CT molecular complexity index is 553. The predicted molar refractivity (Wildman–Crippen MR) is 126 cm³/mol. The van der Waals surface area contributed by atoms with Crippen LogP contribution >= 0.6 is 0 Å². The second kappa shape index (κ2) is 12.0. The van der Waals surface area contributed by atoms with Crippen LogP contribution in [0.2, 0.25) is 0 Å². The second-order valence-corrected chi connectivity index (χ2v) is 10.1. The SMILES string of the molecule is NC1CCC(NC(=O)N2CC[C@@H](N)C2)CC1.NC1CCC(NC(=O)N2CC[C@@H](N)C2)CC1. The molecular weight excluding hydrogens is 408 g/mol. The van der Waals surface area contributed by atoms with Crippen molar-refractivity contribution in [2.24, 2.45) is 22.9 Å². The molecule has 2 saturated heterocycles. The molecule has 0 aromatic heterocycles. The van der Waals surface area contributed by atoms with Crippen molar-refractivity contribution >= 4 is 12.1 Å². The minimum absolute atomic E-state index is 0.0495. The molecule has 2 aliphatic carbocycles. The van der Waals surface area contributed by atoms with Gasteiger partial charge in [-0.3, -0.25) is 0 Å². The molecule has 2 atom stereocenters. The molecule has 10 N–H and O–H groups in total. The Morgan fingerprint density at radius 2 is 0.875 bits per heavy atom. The van der Waals surface area contributed by atoms with Gasteiger partial charge in [-0.05, 0) is 64.2 Å². The summed E-state index contributed by atoms with van der Waals surface area (Å²) in [4.78, 5) is 27.4. The summed E-state index contributed by atoms with van der Waals surface area (Å²) in [5, 5.41) is 6.16. The number of nitrogens with two attached hydrogens (primary N) is 4. The van der Waals surface area contributed by atoms with Gasteiger partial charge >= 0.3 is 12.1 Å². The summed E-state index contributed by atoms with van der Waals surface area (Å²) in [5.41, 5.74) is 23.2. The summed E-state index contributed by atoms with van der Waals surface area (Å²) >= 11 is 0. The van der Waals surface area contributed by atoms with Gasteiger partial charge in [-0.15, -0.1) is 0 Å². The zero-order chi connectivity index (χ0) is 23.1. The topological polar surface area (TPSA) is 169 Å². The van der Waals surface area contributed by atoms with Crippen LogP contribution < -0.4 is 33.6 Å². The van der Waals surface area contributed by atoms with E-state index in [1.165, 1.54) is 0 Å². The Morgan fingerprint density at radius 1 is 0.531 bits per heavy atom. The lowest BCUT2D eigenvalue weighted by molar-refractivity contribution is 0.198. The van der Waals surface area contributed by atoms with Crippen molar-refractivity contribution < 1.29 is 9.59 Å². The maximum absolute atomic E-state index is 11.9. The highest BCUT2D eigenvalue weighted by atomic mass is 16.2. The number of hydrogen-bond acceptors (Lipinski definition) is 6. The Labute approximate surface area is 192 Å². The van der Waals surface area contributed by atoms with Gasteiger partial charge in [-0.25, -0.2) is 9.59 Å². The Hall–Kier alpha value is -1.62. The molecule has 184 valence electrons. The Balaban J connectivity index is 0.000000181. The van der Waals surface area contributed by atoms with Gasteiger partial charge in [0.2, 0.25) is 0 Å². The average Bonchev–Trinajstić information content (AvgIpc) is 3.40. The van der Waals surface area contributed by atoms with E-state index in [-0.39, 0.29) is 24.1 Å². The van der Waals surface area contributed by atoms with Crippen LogP contribution in [0.3, 0.4) is 0 Å². The molecule has 10 heteroatoms. The summed E-state index contributed by atoms with van der Waals surface area (Å²) in [6.45, 7) is 2.97. The third-order valence-corrected chi connectivity index (χ3v) is 7.22. The number of rotatable bonds is 2. The predicted octanol–water partition coefficient (Wildman–Crippen LogP) is -0.00220. The summed E-state index contributed by atoms with van der Waals surface area (Å²) in [6.07, 6.45) is 9.94. The summed E-state index contributed by atoms with van der Waals surface area (Å²) < 4.78 is 0. The highest BCUT2D eigenvalue weighted by Crippen LogP contribution is 2.19. The largest absolute Gasteiger partial charge is 0.335 e.